The number of imidazole rings is 1. The second-order valence-electron chi connectivity index (χ2n) is 6.25. The number of nitrogens with zero attached hydrogens (tertiary/aromatic N) is 2. The number of sulfonamides is 1. The monoisotopic (exact) mass is 367 g/mol. The molecule has 1 unspecified atom stereocenters. The number of piperazine rings is 1. The predicted molar refractivity (Wildman–Crippen MR) is 92.5 cm³/mol. The number of aromatic amines is 2. The summed E-state index contributed by atoms with van der Waals surface area (Å²) in [7, 11) is -3.68. The molecular weight excluding hydrogens is 346 g/mol. The number of benzene rings is 1. The van der Waals surface area contributed by atoms with Gasteiger partial charge in [0.25, 0.3) is 0 Å². The Morgan fingerprint density at radius 3 is 2.48 bits per heavy atom. The lowest BCUT2D eigenvalue weighted by Crippen LogP contribution is -2.51. The topological polar surface area (TPSA) is 132 Å². The molecule has 1 amide bonds. The molecule has 0 bridgehead atoms. The highest BCUT2D eigenvalue weighted by atomic mass is 32.2. The first-order valence-corrected chi connectivity index (χ1v) is 9.47. The zero-order chi connectivity index (χ0) is 18.2. The lowest BCUT2D eigenvalue weighted by atomic mass is 10.2. The molecule has 0 spiro atoms. The minimum Gasteiger partial charge on any atom is -0.340 e. The Hall–Kier alpha value is -2.17. The third kappa shape index (κ3) is 3.60. The molecular formula is C15H21N5O4S. The Labute approximate surface area is 144 Å². The number of carbonyl (C=O) groups excluding carboxylic acids is 1. The molecule has 136 valence electrons. The Morgan fingerprint density at radius 1 is 1.20 bits per heavy atom. The molecule has 2 aromatic rings. The first kappa shape index (κ1) is 17.6. The van der Waals surface area contributed by atoms with E-state index in [1.807, 2.05) is 0 Å². The van der Waals surface area contributed by atoms with Gasteiger partial charge in [0.2, 0.25) is 15.9 Å². The van der Waals surface area contributed by atoms with E-state index < -0.39 is 10.0 Å². The normalized spacial score (nSPS) is 17.8. The average molecular weight is 367 g/mol. The van der Waals surface area contributed by atoms with Crippen LogP contribution in [-0.4, -0.2) is 65.7 Å². The van der Waals surface area contributed by atoms with E-state index in [0.29, 0.717) is 24.1 Å². The number of carbonyl (C=O) groups is 1. The van der Waals surface area contributed by atoms with Crippen molar-refractivity contribution in [3.05, 3.63) is 28.7 Å². The summed E-state index contributed by atoms with van der Waals surface area (Å²) >= 11 is 0. The molecule has 1 aromatic carbocycles. The number of nitrogens with one attached hydrogen (secondary N) is 2. The van der Waals surface area contributed by atoms with Crippen LogP contribution in [0, 0.1) is 0 Å². The largest absolute Gasteiger partial charge is 0.340 e. The van der Waals surface area contributed by atoms with E-state index in [9.17, 15) is 18.0 Å². The van der Waals surface area contributed by atoms with Crippen molar-refractivity contribution in [2.45, 2.75) is 24.3 Å². The molecule has 10 heteroatoms. The SMILES string of the molecule is CC(N)CC(=O)N1CCN(S(=O)(=O)c2ccc3[nH]c(=O)[nH]c3c2)CC1. The number of aromatic nitrogens is 2. The van der Waals surface area contributed by atoms with E-state index in [4.69, 9.17) is 5.73 Å². The molecule has 3 rings (SSSR count). The summed E-state index contributed by atoms with van der Waals surface area (Å²) in [5.41, 5.74) is 6.25. The van der Waals surface area contributed by atoms with Gasteiger partial charge in [-0.25, -0.2) is 13.2 Å². The van der Waals surface area contributed by atoms with E-state index in [-0.39, 0.29) is 42.0 Å². The third-order valence-corrected chi connectivity index (χ3v) is 6.11. The Bertz CT molecular complexity index is 938. The molecule has 0 saturated carbocycles. The second kappa shape index (κ2) is 6.62. The molecule has 1 aliphatic heterocycles. The zero-order valence-corrected chi connectivity index (χ0v) is 14.7. The van der Waals surface area contributed by atoms with Crippen molar-refractivity contribution in [2.75, 3.05) is 26.2 Å². The maximum atomic E-state index is 12.8. The molecule has 1 aliphatic rings. The summed E-state index contributed by atoms with van der Waals surface area (Å²) in [6, 6.07) is 4.25. The van der Waals surface area contributed by atoms with E-state index in [1.54, 1.807) is 17.9 Å². The molecule has 1 atom stereocenters. The van der Waals surface area contributed by atoms with Gasteiger partial charge < -0.3 is 20.6 Å². The van der Waals surface area contributed by atoms with Gasteiger partial charge in [0.05, 0.1) is 15.9 Å². The van der Waals surface area contributed by atoms with Crippen LogP contribution >= 0.6 is 0 Å². The summed E-state index contributed by atoms with van der Waals surface area (Å²) in [6.07, 6.45) is 0.254. The highest BCUT2D eigenvalue weighted by Gasteiger charge is 2.30. The molecule has 1 aromatic heterocycles. The number of rotatable bonds is 4. The van der Waals surface area contributed by atoms with Gasteiger partial charge in [-0.2, -0.15) is 4.31 Å². The van der Waals surface area contributed by atoms with Gasteiger partial charge in [-0.15, -0.1) is 0 Å². The van der Waals surface area contributed by atoms with Crippen LogP contribution in [-0.2, 0) is 14.8 Å². The quantitative estimate of drug-likeness (QED) is 0.665. The summed E-state index contributed by atoms with van der Waals surface area (Å²) in [6.45, 7) is 2.91. The van der Waals surface area contributed by atoms with Crippen LogP contribution in [0.15, 0.2) is 27.9 Å². The molecule has 9 nitrogen and oxygen atoms in total. The van der Waals surface area contributed by atoms with Crippen molar-refractivity contribution in [3.63, 3.8) is 0 Å². The minimum atomic E-state index is -3.68. The smallest absolute Gasteiger partial charge is 0.323 e. The molecule has 4 N–H and O–H groups in total. The van der Waals surface area contributed by atoms with Crippen LogP contribution in [0.25, 0.3) is 11.0 Å². The molecule has 0 radical (unpaired) electrons. The van der Waals surface area contributed by atoms with E-state index in [1.165, 1.54) is 16.4 Å². The van der Waals surface area contributed by atoms with Crippen LogP contribution in [0.2, 0.25) is 0 Å². The van der Waals surface area contributed by atoms with Crippen molar-refractivity contribution in [1.29, 1.82) is 0 Å². The molecule has 0 aliphatic carbocycles. The average Bonchev–Trinajstić information content (AvgIpc) is 2.93. The Morgan fingerprint density at radius 2 is 1.84 bits per heavy atom. The molecule has 2 heterocycles. The fourth-order valence-electron chi connectivity index (χ4n) is 2.90. The van der Waals surface area contributed by atoms with Crippen LogP contribution in [0.1, 0.15) is 13.3 Å². The molecule has 1 fully saturated rings. The number of H-pyrrole nitrogens is 2. The number of hydrogen-bond acceptors (Lipinski definition) is 5. The van der Waals surface area contributed by atoms with Crippen molar-refractivity contribution in [3.8, 4) is 0 Å². The van der Waals surface area contributed by atoms with Crippen LogP contribution in [0.3, 0.4) is 0 Å². The number of hydrogen-bond donors (Lipinski definition) is 3. The van der Waals surface area contributed by atoms with Gasteiger partial charge in [-0.05, 0) is 25.1 Å². The summed E-state index contributed by atoms with van der Waals surface area (Å²) in [5.74, 6) is -0.0571. The van der Waals surface area contributed by atoms with Gasteiger partial charge in [-0.1, -0.05) is 0 Å². The number of amides is 1. The minimum absolute atomic E-state index is 0.0571. The van der Waals surface area contributed by atoms with Crippen LogP contribution < -0.4 is 11.4 Å². The fraction of sp³-hybridized carbons (Fsp3) is 0.467. The summed E-state index contributed by atoms with van der Waals surface area (Å²) < 4.78 is 26.9. The highest BCUT2D eigenvalue weighted by molar-refractivity contribution is 7.89. The van der Waals surface area contributed by atoms with Crippen molar-refractivity contribution in [2.24, 2.45) is 5.73 Å². The lowest BCUT2D eigenvalue weighted by molar-refractivity contribution is -0.132. The van der Waals surface area contributed by atoms with Gasteiger partial charge >= 0.3 is 5.69 Å². The van der Waals surface area contributed by atoms with Crippen LogP contribution in [0.4, 0.5) is 0 Å². The first-order chi connectivity index (χ1) is 11.8. The molecule has 25 heavy (non-hydrogen) atoms. The third-order valence-electron chi connectivity index (χ3n) is 4.21. The van der Waals surface area contributed by atoms with Gasteiger partial charge in [0, 0.05) is 38.6 Å². The number of nitrogens with two attached hydrogens (primary N) is 1. The van der Waals surface area contributed by atoms with Crippen molar-refractivity contribution >= 4 is 27.0 Å². The van der Waals surface area contributed by atoms with E-state index in [0.717, 1.165) is 0 Å². The van der Waals surface area contributed by atoms with Gasteiger partial charge in [0.15, 0.2) is 0 Å². The maximum absolute atomic E-state index is 12.8. The zero-order valence-electron chi connectivity index (χ0n) is 13.9. The first-order valence-electron chi connectivity index (χ1n) is 8.03. The second-order valence-corrected chi connectivity index (χ2v) is 8.19. The number of fused-ring (bicyclic) bond motifs is 1. The summed E-state index contributed by atoms with van der Waals surface area (Å²) in [5, 5.41) is 0. The van der Waals surface area contributed by atoms with Crippen molar-refractivity contribution < 1.29 is 13.2 Å². The maximum Gasteiger partial charge on any atom is 0.323 e. The lowest BCUT2D eigenvalue weighted by Gasteiger charge is -2.34. The Balaban J connectivity index is 1.74. The van der Waals surface area contributed by atoms with Gasteiger partial charge in [0.1, 0.15) is 0 Å². The standard InChI is InChI=1S/C15H21N5O4S/c1-10(16)8-14(21)19-4-6-20(7-5-19)25(23,24)11-2-3-12-13(9-11)18-15(22)17-12/h2-3,9-10H,4-8,16H2,1H3,(H2,17,18,22). The van der Waals surface area contributed by atoms with Gasteiger partial charge in [-0.3, -0.25) is 4.79 Å². The highest BCUT2D eigenvalue weighted by Crippen LogP contribution is 2.20. The fourth-order valence-corrected chi connectivity index (χ4v) is 4.35. The summed E-state index contributed by atoms with van der Waals surface area (Å²) in [4.78, 5) is 30.2. The predicted octanol–water partition coefficient (Wildman–Crippen LogP) is -0.574. The van der Waals surface area contributed by atoms with Crippen molar-refractivity contribution in [1.82, 2.24) is 19.2 Å². The van der Waals surface area contributed by atoms with Crippen LogP contribution in [0.5, 0.6) is 0 Å². The molecule has 1 saturated heterocycles. The van der Waals surface area contributed by atoms with E-state index >= 15 is 0 Å². The Kier molecular flexibility index (Phi) is 4.67. The van der Waals surface area contributed by atoms with E-state index in [2.05, 4.69) is 9.97 Å².